The summed E-state index contributed by atoms with van der Waals surface area (Å²) < 4.78 is 0. The normalized spacial score (nSPS) is 20.7. The number of guanidine groups is 9. The van der Waals surface area contributed by atoms with Gasteiger partial charge in [-0.1, -0.05) is 0 Å². The molecule has 1 aliphatic rings. The van der Waals surface area contributed by atoms with E-state index in [9.17, 15) is 43.2 Å². The first-order valence-electron chi connectivity index (χ1n) is 32.0. The van der Waals surface area contributed by atoms with Crippen LogP contribution >= 0.6 is 0 Å². The van der Waals surface area contributed by atoms with Gasteiger partial charge in [-0.25, -0.2) is 0 Å². The molecule has 9 unspecified atom stereocenters. The monoisotopic (exact) mass is 1400 g/mol. The second kappa shape index (κ2) is 48.4. The van der Waals surface area contributed by atoms with Gasteiger partial charge in [0.2, 0.25) is 53.2 Å². The molecule has 9 atom stereocenters. The van der Waals surface area contributed by atoms with Crippen LogP contribution in [-0.4, -0.2) is 220 Å². The topological polar surface area (TPSA) is 841 Å². The largest absolute Gasteiger partial charge is 0.370 e. The van der Waals surface area contributed by atoms with Crippen LogP contribution in [0.3, 0.4) is 0 Å². The van der Waals surface area contributed by atoms with Crippen LogP contribution in [0.25, 0.3) is 0 Å². The lowest BCUT2D eigenvalue weighted by Crippen LogP contribution is -2.60. The van der Waals surface area contributed by atoms with Crippen molar-refractivity contribution in [2.75, 3.05) is 58.9 Å². The number of nitrogens with one attached hydrogen (secondary N) is 9. The van der Waals surface area contributed by atoms with Gasteiger partial charge in [-0.05, 0) is 116 Å². The van der Waals surface area contributed by atoms with Crippen molar-refractivity contribution in [3.05, 3.63) is 0 Å². The maximum atomic E-state index is 14.8. The van der Waals surface area contributed by atoms with Gasteiger partial charge in [0.1, 0.15) is 54.4 Å². The molecule has 99 heavy (non-hydrogen) atoms. The zero-order valence-electron chi connectivity index (χ0n) is 55.9. The summed E-state index contributed by atoms with van der Waals surface area (Å²) in [6.07, 6.45) is -1.54. The summed E-state index contributed by atoms with van der Waals surface area (Å²) in [6, 6.07) is -13.9. The van der Waals surface area contributed by atoms with Crippen molar-refractivity contribution < 1.29 is 43.2 Å². The van der Waals surface area contributed by atoms with Gasteiger partial charge in [-0.3, -0.25) is 88.1 Å². The van der Waals surface area contributed by atoms with Gasteiger partial charge in [-0.2, -0.15) is 0 Å². The maximum Gasteiger partial charge on any atom is 0.243 e. The van der Waals surface area contributed by atoms with E-state index in [1.54, 1.807) is 0 Å². The Morgan fingerprint density at radius 2 is 0.263 bits per heavy atom. The number of nitrogens with two attached hydrogens (primary N) is 18. The zero-order valence-corrected chi connectivity index (χ0v) is 55.9. The molecular weight excluding hydrogens is 1300 g/mol. The summed E-state index contributed by atoms with van der Waals surface area (Å²) in [7, 11) is 0. The molecule has 1 fully saturated rings. The summed E-state index contributed by atoms with van der Waals surface area (Å²) in [5, 5.41) is 24.0. The van der Waals surface area contributed by atoms with E-state index in [0.29, 0.717) is 0 Å². The molecule has 0 saturated carbocycles. The molecule has 45 N–H and O–H groups in total. The molecular formula is C54H108N36O9. The van der Waals surface area contributed by atoms with Gasteiger partial charge < -0.3 is 151 Å². The highest BCUT2D eigenvalue weighted by Gasteiger charge is 2.36. The van der Waals surface area contributed by atoms with Crippen LogP contribution in [0.5, 0.6) is 0 Å². The molecule has 1 heterocycles. The van der Waals surface area contributed by atoms with E-state index in [-0.39, 0.29) is 228 Å². The molecule has 0 bridgehead atoms. The Morgan fingerprint density at radius 1 is 0.182 bits per heavy atom. The third kappa shape index (κ3) is 40.6. The molecule has 1 aliphatic heterocycles. The fourth-order valence-corrected chi connectivity index (χ4v) is 9.40. The van der Waals surface area contributed by atoms with Crippen molar-refractivity contribution in [1.29, 1.82) is 0 Å². The highest BCUT2D eigenvalue weighted by atomic mass is 16.2. The molecule has 0 aromatic rings. The van der Waals surface area contributed by atoms with Gasteiger partial charge in [0.05, 0.1) is 0 Å². The molecule has 0 aromatic heterocycles. The zero-order chi connectivity index (χ0) is 74.4. The van der Waals surface area contributed by atoms with Crippen molar-refractivity contribution in [3.8, 4) is 0 Å². The highest BCUT2D eigenvalue weighted by molar-refractivity contribution is 5.99. The standard InChI is InChI=1S/C54H108N36O9/c55-46(56)73-19-1-10-28-37(91)83-30(12-3-21-75-48(59)60)39(93)85-32(14-5-23-77-50(63)64)41(95)87-34(16-7-25-79-52(67)68)43(97)89-36(18-9-27-81-54(71)72)45(99)90-35(17-8-26-80-53(69)70)44(98)88-33(15-6-24-78-51(65)66)42(96)86-31(13-4-22-76-49(61)62)40(94)84-29(38(92)82-28)11-2-20-74-47(57)58/h28-36H,1-27H2,(H,82,92)(H,83,91)(H,84,94)(H,85,93)(H,86,96)(H,87,95)(H,88,98)(H,89,97)(H,90,99)(H4,55,56,73)(H4,57,58,74)(H4,59,60,75)(H4,61,62,76)(H4,63,64,77)(H4,65,66,78)(H4,67,68,79)(H4,69,70,80)(H4,71,72,81). The fourth-order valence-electron chi connectivity index (χ4n) is 9.40. The first-order valence-corrected chi connectivity index (χ1v) is 32.0. The van der Waals surface area contributed by atoms with E-state index in [2.05, 4.69) is 92.8 Å². The number of hydrogen-bond donors (Lipinski definition) is 27. The lowest BCUT2D eigenvalue weighted by Gasteiger charge is -2.28. The van der Waals surface area contributed by atoms with Crippen LogP contribution in [0, 0.1) is 0 Å². The van der Waals surface area contributed by atoms with Crippen LogP contribution in [0.2, 0.25) is 0 Å². The summed E-state index contributed by atoms with van der Waals surface area (Å²) in [4.78, 5) is 169. The second-order valence-electron chi connectivity index (χ2n) is 22.6. The third-order valence-electron chi connectivity index (χ3n) is 14.2. The Labute approximate surface area is 573 Å². The lowest BCUT2D eigenvalue weighted by molar-refractivity contribution is -0.136. The highest BCUT2D eigenvalue weighted by Crippen LogP contribution is 2.13. The minimum absolute atomic E-state index is 0.0348. The molecule has 558 valence electrons. The Bertz CT molecular complexity index is 2260. The van der Waals surface area contributed by atoms with Crippen LogP contribution < -0.4 is 151 Å². The predicted molar refractivity (Wildman–Crippen MR) is 377 cm³/mol. The fraction of sp³-hybridized carbons (Fsp3) is 0.667. The SMILES string of the molecule is NC(N)=NCCCC1NC(=O)C(CCCN=C(N)N)NC(=O)C(CCCN=C(N)N)NC(=O)C(CCCN=C(N)N)NC(=O)C(CCCN=C(N)N)NC(=O)C(CCCN=C(N)N)NC(=O)C(CCCN=C(N)N)NC(=O)C(CCCN=C(N)N)NC(=O)C(CCCN=C(N)N)NC1=O. The second-order valence-corrected chi connectivity index (χ2v) is 22.6. The first kappa shape index (κ1) is 85.7. The van der Waals surface area contributed by atoms with Crippen LogP contribution in [0.15, 0.2) is 44.9 Å². The Balaban J connectivity index is 4.66. The Kier molecular flexibility index (Phi) is 41.9. The number of carbonyl (C=O) groups excluding carboxylic acids is 9. The van der Waals surface area contributed by atoms with E-state index in [4.69, 9.17) is 103 Å². The summed E-state index contributed by atoms with van der Waals surface area (Å²) >= 11 is 0. The van der Waals surface area contributed by atoms with E-state index < -0.39 is 108 Å². The number of hydrogen-bond acceptors (Lipinski definition) is 18. The molecule has 9 amide bonds. The number of rotatable bonds is 36. The summed E-state index contributed by atoms with van der Waals surface area (Å²) in [5.41, 5.74) is 101. The average molecular weight is 1410 g/mol. The first-order chi connectivity index (χ1) is 46.8. The Hall–Kier alpha value is -11.3. The average Bonchev–Trinajstić information content (AvgIpc) is 0.970. The van der Waals surface area contributed by atoms with Crippen molar-refractivity contribution in [3.63, 3.8) is 0 Å². The molecule has 0 aromatic carbocycles. The van der Waals surface area contributed by atoms with E-state index in [0.717, 1.165) is 0 Å². The number of amides is 9. The number of carbonyl (C=O) groups is 9. The van der Waals surface area contributed by atoms with Crippen molar-refractivity contribution in [2.24, 2.45) is 148 Å². The number of aliphatic imine (C=N–C) groups is 9. The Morgan fingerprint density at radius 3 is 0.333 bits per heavy atom. The molecule has 0 aliphatic carbocycles. The van der Waals surface area contributed by atoms with Crippen molar-refractivity contribution in [2.45, 2.75) is 170 Å². The minimum atomic E-state index is -1.54. The van der Waals surface area contributed by atoms with Gasteiger partial charge in [0.15, 0.2) is 53.6 Å². The molecule has 45 nitrogen and oxygen atoms in total. The van der Waals surface area contributed by atoms with Crippen LogP contribution in [-0.2, 0) is 43.2 Å². The lowest BCUT2D eigenvalue weighted by atomic mass is 10.0. The van der Waals surface area contributed by atoms with E-state index >= 15 is 0 Å². The van der Waals surface area contributed by atoms with Gasteiger partial charge in [-0.15, -0.1) is 0 Å². The number of nitrogens with zero attached hydrogens (tertiary/aromatic N) is 9. The molecule has 0 radical (unpaired) electrons. The van der Waals surface area contributed by atoms with Crippen LogP contribution in [0.4, 0.5) is 0 Å². The summed E-state index contributed by atoms with van der Waals surface area (Å²) in [6.45, 7) is -0.527. The smallest absolute Gasteiger partial charge is 0.243 e. The van der Waals surface area contributed by atoms with Crippen molar-refractivity contribution in [1.82, 2.24) is 47.9 Å². The molecule has 0 spiro atoms. The van der Waals surface area contributed by atoms with E-state index in [1.807, 2.05) is 0 Å². The van der Waals surface area contributed by atoms with Crippen LogP contribution in [0.1, 0.15) is 116 Å². The van der Waals surface area contributed by atoms with Gasteiger partial charge in [0, 0.05) is 58.9 Å². The van der Waals surface area contributed by atoms with Crippen molar-refractivity contribution >= 4 is 107 Å². The summed E-state index contributed by atoms with van der Waals surface area (Å²) in [5.74, 6) is -11.3. The maximum absolute atomic E-state index is 14.8. The van der Waals surface area contributed by atoms with Gasteiger partial charge >= 0.3 is 0 Å². The van der Waals surface area contributed by atoms with E-state index in [1.165, 1.54) is 0 Å². The molecule has 1 saturated heterocycles. The molecule has 45 heteroatoms. The third-order valence-corrected chi connectivity index (χ3v) is 14.2. The minimum Gasteiger partial charge on any atom is -0.370 e. The predicted octanol–water partition coefficient (Wildman–Crippen LogP) is -13.2. The van der Waals surface area contributed by atoms with Gasteiger partial charge in [0.25, 0.3) is 0 Å². The quantitative estimate of drug-likeness (QED) is 0.0157. The molecule has 1 rings (SSSR count).